The van der Waals surface area contributed by atoms with Gasteiger partial charge in [0, 0.05) is 26.7 Å². The van der Waals surface area contributed by atoms with Gasteiger partial charge >= 0.3 is 0 Å². The van der Waals surface area contributed by atoms with Gasteiger partial charge in [0.15, 0.2) is 0 Å². The van der Waals surface area contributed by atoms with E-state index < -0.39 is 15.6 Å². The van der Waals surface area contributed by atoms with Gasteiger partial charge in [-0.3, -0.25) is 4.79 Å². The minimum absolute atomic E-state index is 0.0712. The Kier molecular flexibility index (Phi) is 4.44. The predicted molar refractivity (Wildman–Crippen MR) is 85.4 cm³/mol. The minimum Gasteiger partial charge on any atom is -0.373 e. The van der Waals surface area contributed by atoms with Gasteiger partial charge in [-0.15, -0.1) is 0 Å². The van der Waals surface area contributed by atoms with E-state index in [-0.39, 0.29) is 5.91 Å². The van der Waals surface area contributed by atoms with E-state index >= 15 is 0 Å². The molecule has 6 nitrogen and oxygen atoms in total. The molecule has 2 heterocycles. The fourth-order valence-corrected chi connectivity index (χ4v) is 4.64. The first-order chi connectivity index (χ1) is 10.9. The average molecular weight is 338 g/mol. The molecule has 1 spiro atoms. The fraction of sp³-hybridized carbons (Fsp3) is 0.562. The number of carbonyl (C=O) groups is 1. The first-order valence-corrected chi connectivity index (χ1v) is 9.30. The number of hydrogen-bond acceptors (Lipinski definition) is 4. The highest BCUT2D eigenvalue weighted by Gasteiger charge is 2.42. The van der Waals surface area contributed by atoms with Crippen LogP contribution < -0.4 is 0 Å². The van der Waals surface area contributed by atoms with Gasteiger partial charge in [0.1, 0.15) is 0 Å². The molecule has 0 atom stereocenters. The number of ether oxygens (including phenoxy) is 1. The van der Waals surface area contributed by atoms with Crippen molar-refractivity contribution in [3.05, 3.63) is 30.3 Å². The highest BCUT2D eigenvalue weighted by atomic mass is 32.2. The lowest BCUT2D eigenvalue weighted by molar-refractivity contribution is -0.133. The number of benzene rings is 1. The molecule has 2 fully saturated rings. The van der Waals surface area contributed by atoms with Gasteiger partial charge in [-0.2, -0.15) is 4.31 Å². The van der Waals surface area contributed by atoms with Crippen LogP contribution in [-0.2, 0) is 19.6 Å². The third kappa shape index (κ3) is 3.27. The van der Waals surface area contributed by atoms with E-state index in [1.165, 1.54) is 4.31 Å². The lowest BCUT2D eigenvalue weighted by Crippen LogP contribution is -2.48. The topological polar surface area (TPSA) is 66.9 Å². The highest BCUT2D eigenvalue weighted by Crippen LogP contribution is 2.34. The molecule has 2 saturated heterocycles. The van der Waals surface area contributed by atoms with Crippen molar-refractivity contribution in [1.82, 2.24) is 9.21 Å². The van der Waals surface area contributed by atoms with Crippen LogP contribution >= 0.6 is 0 Å². The summed E-state index contributed by atoms with van der Waals surface area (Å²) in [4.78, 5) is 14.1. The zero-order valence-electron chi connectivity index (χ0n) is 13.3. The third-order valence-electron chi connectivity index (χ3n) is 4.75. The van der Waals surface area contributed by atoms with Crippen molar-refractivity contribution in [2.75, 3.05) is 33.3 Å². The third-order valence-corrected chi connectivity index (χ3v) is 6.66. The van der Waals surface area contributed by atoms with Crippen LogP contribution in [0.5, 0.6) is 0 Å². The molecule has 2 aliphatic heterocycles. The maximum Gasteiger partial charge on any atom is 0.243 e. The number of carbonyl (C=O) groups excluding carboxylic acids is 1. The Morgan fingerprint density at radius 3 is 2.39 bits per heavy atom. The molecule has 1 amide bonds. The Morgan fingerprint density at radius 1 is 1.09 bits per heavy atom. The van der Waals surface area contributed by atoms with E-state index in [2.05, 4.69) is 0 Å². The number of sulfonamides is 1. The van der Waals surface area contributed by atoms with Crippen LogP contribution in [0.25, 0.3) is 0 Å². The highest BCUT2D eigenvalue weighted by molar-refractivity contribution is 7.89. The standard InChI is InChI=1S/C16H22N2O4S/c1-17-11-12-22-16(13-15(17)19)7-9-18(10-8-16)23(20,21)14-5-3-2-4-6-14/h2-6H,7-13H2,1H3. The van der Waals surface area contributed by atoms with Gasteiger partial charge in [0.25, 0.3) is 0 Å². The van der Waals surface area contributed by atoms with Crippen molar-refractivity contribution >= 4 is 15.9 Å². The van der Waals surface area contributed by atoms with Gasteiger partial charge in [0.05, 0.1) is 23.5 Å². The molecule has 23 heavy (non-hydrogen) atoms. The molecule has 0 aliphatic carbocycles. The summed E-state index contributed by atoms with van der Waals surface area (Å²) in [6.07, 6.45) is 1.44. The van der Waals surface area contributed by atoms with E-state index in [0.29, 0.717) is 50.4 Å². The van der Waals surface area contributed by atoms with Crippen LogP contribution in [0.1, 0.15) is 19.3 Å². The monoisotopic (exact) mass is 338 g/mol. The molecule has 1 aromatic rings. The van der Waals surface area contributed by atoms with Crippen LogP contribution in [0.3, 0.4) is 0 Å². The largest absolute Gasteiger partial charge is 0.373 e. The second-order valence-electron chi connectivity index (χ2n) is 6.24. The molecule has 2 aliphatic rings. The minimum atomic E-state index is -3.47. The molecule has 0 unspecified atom stereocenters. The summed E-state index contributed by atoms with van der Waals surface area (Å²) in [5.41, 5.74) is -0.509. The summed E-state index contributed by atoms with van der Waals surface area (Å²) in [7, 11) is -1.69. The Hall–Kier alpha value is -1.44. The molecule has 0 radical (unpaired) electrons. The molecular formula is C16H22N2O4S. The van der Waals surface area contributed by atoms with Crippen LogP contribution in [0.15, 0.2) is 35.2 Å². The van der Waals surface area contributed by atoms with E-state index in [0.717, 1.165) is 0 Å². The van der Waals surface area contributed by atoms with Gasteiger partial charge in [-0.25, -0.2) is 8.42 Å². The maximum atomic E-state index is 12.7. The van der Waals surface area contributed by atoms with Crippen molar-refractivity contribution < 1.29 is 17.9 Å². The predicted octanol–water partition coefficient (Wildman–Crippen LogP) is 1.09. The van der Waals surface area contributed by atoms with Crippen molar-refractivity contribution in [3.63, 3.8) is 0 Å². The molecule has 126 valence electrons. The molecule has 0 N–H and O–H groups in total. The van der Waals surface area contributed by atoms with E-state index in [1.807, 2.05) is 0 Å². The molecular weight excluding hydrogens is 316 g/mol. The van der Waals surface area contributed by atoms with E-state index in [1.54, 1.807) is 42.3 Å². The van der Waals surface area contributed by atoms with E-state index in [9.17, 15) is 13.2 Å². The zero-order valence-corrected chi connectivity index (χ0v) is 14.1. The Labute approximate surface area is 137 Å². The zero-order chi connectivity index (χ0) is 16.5. The summed E-state index contributed by atoms with van der Waals surface area (Å²) in [5.74, 6) is 0.0712. The Bertz CT molecular complexity index is 667. The lowest BCUT2D eigenvalue weighted by atomic mass is 9.88. The SMILES string of the molecule is CN1CCOC2(CCN(S(=O)(=O)c3ccccc3)CC2)CC1=O. The average Bonchev–Trinajstić information content (AvgIpc) is 2.68. The van der Waals surface area contributed by atoms with Gasteiger partial charge in [0.2, 0.25) is 15.9 Å². The number of hydrogen-bond donors (Lipinski definition) is 0. The molecule has 1 aromatic carbocycles. The van der Waals surface area contributed by atoms with E-state index in [4.69, 9.17) is 4.74 Å². The summed E-state index contributed by atoms with van der Waals surface area (Å²) in [6.45, 7) is 1.86. The van der Waals surface area contributed by atoms with Crippen molar-refractivity contribution in [2.45, 2.75) is 29.8 Å². The number of piperidine rings is 1. The summed E-state index contributed by atoms with van der Waals surface area (Å²) < 4.78 is 32.8. The number of amides is 1. The first kappa shape index (κ1) is 16.4. The van der Waals surface area contributed by atoms with Crippen LogP contribution in [0.2, 0.25) is 0 Å². The van der Waals surface area contributed by atoms with Crippen molar-refractivity contribution in [3.8, 4) is 0 Å². The Balaban J connectivity index is 1.72. The number of likely N-dealkylation sites (N-methyl/N-ethyl adjacent to an activating group) is 1. The molecule has 7 heteroatoms. The fourth-order valence-electron chi connectivity index (χ4n) is 3.18. The van der Waals surface area contributed by atoms with Gasteiger partial charge < -0.3 is 9.64 Å². The summed E-state index contributed by atoms with van der Waals surface area (Å²) >= 11 is 0. The smallest absolute Gasteiger partial charge is 0.243 e. The van der Waals surface area contributed by atoms with Crippen molar-refractivity contribution in [1.29, 1.82) is 0 Å². The molecule has 0 aromatic heterocycles. The van der Waals surface area contributed by atoms with Gasteiger partial charge in [-0.1, -0.05) is 18.2 Å². The quantitative estimate of drug-likeness (QED) is 0.810. The maximum absolute atomic E-state index is 12.7. The van der Waals surface area contributed by atoms with Crippen LogP contribution in [0, 0.1) is 0 Å². The lowest BCUT2D eigenvalue weighted by Gasteiger charge is -2.39. The number of rotatable bonds is 2. The van der Waals surface area contributed by atoms with Crippen LogP contribution in [0.4, 0.5) is 0 Å². The molecule has 0 bridgehead atoms. The van der Waals surface area contributed by atoms with Gasteiger partial charge in [-0.05, 0) is 25.0 Å². The second-order valence-corrected chi connectivity index (χ2v) is 8.18. The summed E-state index contributed by atoms with van der Waals surface area (Å²) in [5, 5.41) is 0. The Morgan fingerprint density at radius 2 is 1.74 bits per heavy atom. The second kappa shape index (κ2) is 6.22. The number of nitrogens with zero attached hydrogens (tertiary/aromatic N) is 2. The molecule has 0 saturated carbocycles. The summed E-state index contributed by atoms with van der Waals surface area (Å²) in [6, 6.07) is 8.47. The van der Waals surface area contributed by atoms with Crippen LogP contribution in [-0.4, -0.2) is 62.4 Å². The van der Waals surface area contributed by atoms with Crippen molar-refractivity contribution in [2.24, 2.45) is 0 Å². The normalized spacial score (nSPS) is 23.0. The molecule has 3 rings (SSSR count). The first-order valence-electron chi connectivity index (χ1n) is 7.86.